The lowest BCUT2D eigenvalue weighted by atomic mass is 10.2. The molecule has 128 valence electrons. The summed E-state index contributed by atoms with van der Waals surface area (Å²) in [4.78, 5) is 22.9. The number of sulfonamides is 1. The standard InChI is InChI=1S/C13H26N2O5SSi/c1-13(2,3)22(5,6)15-10(9-21(15,18)19)7-11(16)14-8-12(17)20-4/h10H,7-9H2,1-6H3,(H,14,16). The van der Waals surface area contributed by atoms with Crippen LogP contribution in [0.3, 0.4) is 0 Å². The van der Waals surface area contributed by atoms with E-state index in [2.05, 4.69) is 10.1 Å². The number of nitrogens with one attached hydrogen (secondary N) is 1. The third kappa shape index (κ3) is 3.88. The van der Waals surface area contributed by atoms with E-state index in [0.717, 1.165) is 0 Å². The van der Waals surface area contributed by atoms with E-state index in [-0.39, 0.29) is 35.7 Å². The number of methoxy groups -OCH3 is 1. The van der Waals surface area contributed by atoms with Gasteiger partial charge in [0.2, 0.25) is 15.9 Å². The molecule has 1 aliphatic heterocycles. The van der Waals surface area contributed by atoms with Crippen LogP contribution in [0.5, 0.6) is 0 Å². The SMILES string of the molecule is COC(=O)CNC(=O)CC1CS(=O)(=O)N1[Si](C)(C)C(C)(C)C. The fraction of sp³-hybridized carbons (Fsp3) is 0.846. The van der Waals surface area contributed by atoms with Gasteiger partial charge in [-0.15, -0.1) is 0 Å². The fourth-order valence-electron chi connectivity index (χ4n) is 2.34. The van der Waals surface area contributed by atoms with Crippen LogP contribution >= 0.6 is 0 Å². The molecule has 0 bridgehead atoms. The average Bonchev–Trinajstić information content (AvgIpc) is 2.32. The Morgan fingerprint density at radius 1 is 1.32 bits per heavy atom. The van der Waals surface area contributed by atoms with Crippen molar-refractivity contribution in [1.82, 2.24) is 9.29 Å². The molecule has 9 heteroatoms. The minimum absolute atomic E-state index is 0.00878. The first-order valence-electron chi connectivity index (χ1n) is 7.18. The first-order chi connectivity index (χ1) is 9.83. The van der Waals surface area contributed by atoms with Crippen molar-refractivity contribution >= 4 is 30.1 Å². The van der Waals surface area contributed by atoms with Crippen LogP contribution in [0.1, 0.15) is 27.2 Å². The number of carbonyl (C=O) groups excluding carboxylic acids is 2. The van der Waals surface area contributed by atoms with Crippen LogP contribution in [0, 0.1) is 0 Å². The molecule has 1 rings (SSSR count). The van der Waals surface area contributed by atoms with Crippen molar-refractivity contribution in [3.63, 3.8) is 0 Å². The van der Waals surface area contributed by atoms with Crippen molar-refractivity contribution in [2.75, 3.05) is 19.4 Å². The summed E-state index contributed by atoms with van der Waals surface area (Å²) < 4.78 is 30.4. The molecule has 0 aromatic carbocycles. The number of ether oxygens (including phenoxy) is 1. The number of hydrogen-bond acceptors (Lipinski definition) is 5. The van der Waals surface area contributed by atoms with Gasteiger partial charge in [-0.05, 0) is 5.04 Å². The second-order valence-electron chi connectivity index (χ2n) is 7.09. The summed E-state index contributed by atoms with van der Waals surface area (Å²) >= 11 is 0. The van der Waals surface area contributed by atoms with E-state index < -0.39 is 24.2 Å². The Morgan fingerprint density at radius 2 is 1.86 bits per heavy atom. The number of nitrogens with zero attached hydrogens (tertiary/aromatic N) is 1. The monoisotopic (exact) mass is 350 g/mol. The highest BCUT2D eigenvalue weighted by Crippen LogP contribution is 2.44. The minimum atomic E-state index is -3.27. The average molecular weight is 351 g/mol. The summed E-state index contributed by atoms with van der Waals surface area (Å²) in [6, 6.07) is -0.316. The zero-order chi connectivity index (χ0) is 17.3. The molecule has 0 spiro atoms. The molecule has 0 aromatic rings. The van der Waals surface area contributed by atoms with Crippen LogP contribution in [0.2, 0.25) is 18.1 Å². The van der Waals surface area contributed by atoms with Crippen LogP contribution in [0.25, 0.3) is 0 Å². The third-order valence-corrected chi connectivity index (χ3v) is 13.5. The smallest absolute Gasteiger partial charge is 0.325 e. The number of carbonyl (C=O) groups is 2. The van der Waals surface area contributed by atoms with Crippen molar-refractivity contribution in [3.8, 4) is 0 Å². The van der Waals surface area contributed by atoms with Crippen molar-refractivity contribution in [2.24, 2.45) is 0 Å². The van der Waals surface area contributed by atoms with Gasteiger partial charge in [0.25, 0.3) is 0 Å². The quantitative estimate of drug-likeness (QED) is 0.581. The molecule has 0 aromatic heterocycles. The lowest BCUT2D eigenvalue weighted by molar-refractivity contribution is -0.141. The maximum Gasteiger partial charge on any atom is 0.325 e. The highest BCUT2D eigenvalue weighted by molar-refractivity contribution is 7.91. The molecule has 22 heavy (non-hydrogen) atoms. The van der Waals surface area contributed by atoms with Crippen LogP contribution in [0.4, 0.5) is 0 Å². The second kappa shape index (κ2) is 6.29. The zero-order valence-corrected chi connectivity index (χ0v) is 15.9. The molecule has 1 N–H and O–H groups in total. The maximum atomic E-state index is 12.2. The normalized spacial score (nSPS) is 21.8. The van der Waals surface area contributed by atoms with Gasteiger partial charge >= 0.3 is 5.97 Å². The van der Waals surface area contributed by atoms with Gasteiger partial charge < -0.3 is 10.1 Å². The zero-order valence-electron chi connectivity index (χ0n) is 14.1. The van der Waals surface area contributed by atoms with E-state index in [0.29, 0.717) is 0 Å². The van der Waals surface area contributed by atoms with Gasteiger partial charge in [-0.3, -0.25) is 9.59 Å². The summed E-state index contributed by atoms with van der Waals surface area (Å²) in [7, 11) is -4.29. The van der Waals surface area contributed by atoms with Gasteiger partial charge in [0, 0.05) is 12.5 Å². The van der Waals surface area contributed by atoms with Gasteiger partial charge in [0.1, 0.15) is 14.8 Å². The van der Waals surface area contributed by atoms with E-state index in [1.807, 2.05) is 33.9 Å². The Kier molecular flexibility index (Phi) is 5.46. The van der Waals surface area contributed by atoms with Crippen molar-refractivity contribution in [2.45, 2.75) is 51.4 Å². The summed E-state index contributed by atoms with van der Waals surface area (Å²) in [6.07, 6.45) is 0.0722. The Bertz CT molecular complexity index is 553. The Balaban J connectivity index is 2.77. The molecule has 1 unspecified atom stereocenters. The lowest BCUT2D eigenvalue weighted by Crippen LogP contribution is -2.70. The first kappa shape index (κ1) is 19.1. The van der Waals surface area contributed by atoms with Gasteiger partial charge in [0.15, 0.2) is 0 Å². The summed E-state index contributed by atoms with van der Waals surface area (Å²) in [5.74, 6) is -0.879. The van der Waals surface area contributed by atoms with Crippen molar-refractivity contribution < 1.29 is 22.7 Å². The highest BCUT2D eigenvalue weighted by Gasteiger charge is 2.56. The molecule has 1 saturated heterocycles. The summed E-state index contributed by atoms with van der Waals surface area (Å²) in [6.45, 7) is 9.89. The van der Waals surface area contributed by atoms with Gasteiger partial charge in [-0.1, -0.05) is 33.9 Å². The Labute approximate surface area is 133 Å². The van der Waals surface area contributed by atoms with Crippen LogP contribution < -0.4 is 5.32 Å². The molecule has 1 aliphatic rings. The maximum absolute atomic E-state index is 12.2. The largest absolute Gasteiger partial charge is 0.468 e. The van der Waals surface area contributed by atoms with E-state index in [4.69, 9.17) is 0 Å². The molecule has 0 saturated carbocycles. The van der Waals surface area contributed by atoms with Crippen LogP contribution in [-0.2, 0) is 24.3 Å². The molecule has 1 fully saturated rings. The summed E-state index contributed by atoms with van der Waals surface area (Å²) in [5.41, 5.74) is 0. The molecular weight excluding hydrogens is 324 g/mol. The van der Waals surface area contributed by atoms with Crippen LogP contribution in [-0.4, -0.2) is 57.9 Å². The fourth-order valence-corrected chi connectivity index (χ4v) is 9.31. The lowest BCUT2D eigenvalue weighted by Gasteiger charge is -2.53. The van der Waals surface area contributed by atoms with E-state index >= 15 is 0 Å². The molecular formula is C13H26N2O5SSi. The highest BCUT2D eigenvalue weighted by atomic mass is 32.2. The number of hydrogen-bond donors (Lipinski definition) is 1. The van der Waals surface area contributed by atoms with Crippen LogP contribution in [0.15, 0.2) is 0 Å². The molecule has 1 atom stereocenters. The molecule has 7 nitrogen and oxygen atoms in total. The predicted molar refractivity (Wildman–Crippen MR) is 86.3 cm³/mol. The molecule has 1 amide bonds. The number of esters is 1. The molecule has 0 aliphatic carbocycles. The summed E-state index contributed by atoms with van der Waals surface area (Å²) in [5, 5.41) is 2.31. The Morgan fingerprint density at radius 3 is 2.27 bits per heavy atom. The number of amides is 1. The van der Waals surface area contributed by atoms with Crippen molar-refractivity contribution in [3.05, 3.63) is 0 Å². The minimum Gasteiger partial charge on any atom is -0.468 e. The van der Waals surface area contributed by atoms with Gasteiger partial charge in [-0.2, -0.15) is 0 Å². The van der Waals surface area contributed by atoms with Crippen molar-refractivity contribution in [1.29, 1.82) is 0 Å². The van der Waals surface area contributed by atoms with E-state index in [1.165, 1.54) is 7.11 Å². The Hall–Kier alpha value is -0.933. The molecule has 0 radical (unpaired) electrons. The van der Waals surface area contributed by atoms with E-state index in [1.54, 1.807) is 3.97 Å². The number of rotatable bonds is 5. The second-order valence-corrected chi connectivity index (χ2v) is 14.4. The molecule has 1 heterocycles. The van der Waals surface area contributed by atoms with Gasteiger partial charge in [0.05, 0.1) is 12.9 Å². The van der Waals surface area contributed by atoms with Gasteiger partial charge in [-0.25, -0.2) is 12.4 Å². The van der Waals surface area contributed by atoms with E-state index in [9.17, 15) is 18.0 Å². The predicted octanol–water partition coefficient (Wildman–Crippen LogP) is 0.685. The first-order valence-corrected chi connectivity index (χ1v) is 11.7. The topological polar surface area (TPSA) is 92.8 Å². The third-order valence-electron chi connectivity index (χ3n) is 4.50.